The number of anilines is 1. The first-order valence-corrected chi connectivity index (χ1v) is 9.21. The van der Waals surface area contributed by atoms with Crippen LogP contribution in [-0.4, -0.2) is 27.1 Å². The summed E-state index contributed by atoms with van der Waals surface area (Å²) in [5.74, 6) is 0.687. The lowest BCUT2D eigenvalue weighted by atomic mass is 10.2. The van der Waals surface area contributed by atoms with Gasteiger partial charge in [-0.25, -0.2) is 8.42 Å². The van der Waals surface area contributed by atoms with Gasteiger partial charge in [-0.3, -0.25) is 9.10 Å². The summed E-state index contributed by atoms with van der Waals surface area (Å²) in [5.41, 5.74) is 0.898. The van der Waals surface area contributed by atoms with E-state index in [0.717, 1.165) is 0 Å². The topological polar surface area (TPSA) is 79.5 Å². The van der Waals surface area contributed by atoms with Crippen LogP contribution in [-0.2, 0) is 10.0 Å². The quantitative estimate of drug-likeness (QED) is 0.761. The van der Waals surface area contributed by atoms with Gasteiger partial charge in [-0.2, -0.15) is 0 Å². The summed E-state index contributed by atoms with van der Waals surface area (Å²) in [5, 5.41) is 0.653. The van der Waals surface area contributed by atoms with Crippen LogP contribution < -0.4 is 14.6 Å². The molecule has 0 bridgehead atoms. The Bertz CT molecular complexity index is 1060. The van der Waals surface area contributed by atoms with Crippen molar-refractivity contribution in [1.82, 2.24) is 4.98 Å². The maximum absolute atomic E-state index is 12.9. The molecular formula is C18H18N2O4S. The van der Waals surface area contributed by atoms with E-state index in [9.17, 15) is 13.2 Å². The van der Waals surface area contributed by atoms with Gasteiger partial charge in [0, 0.05) is 18.6 Å². The van der Waals surface area contributed by atoms with Crippen LogP contribution in [0.15, 0.2) is 64.3 Å². The molecule has 0 unspecified atom stereocenters. The molecule has 130 valence electrons. The van der Waals surface area contributed by atoms with E-state index in [1.54, 1.807) is 42.5 Å². The van der Waals surface area contributed by atoms with E-state index >= 15 is 0 Å². The van der Waals surface area contributed by atoms with Gasteiger partial charge in [0.05, 0.1) is 17.2 Å². The van der Waals surface area contributed by atoms with Crippen LogP contribution >= 0.6 is 0 Å². The third-order valence-electron chi connectivity index (χ3n) is 3.86. The van der Waals surface area contributed by atoms with Gasteiger partial charge >= 0.3 is 0 Å². The molecule has 0 fully saturated rings. The Kier molecular flexibility index (Phi) is 4.50. The number of aromatic nitrogens is 1. The van der Waals surface area contributed by atoms with Crippen molar-refractivity contribution in [3.8, 4) is 5.75 Å². The summed E-state index contributed by atoms with van der Waals surface area (Å²) in [6.07, 6.45) is 0. The molecule has 0 spiro atoms. The number of fused-ring (bicyclic) bond motifs is 1. The van der Waals surface area contributed by atoms with E-state index < -0.39 is 10.0 Å². The third kappa shape index (κ3) is 3.36. The normalized spacial score (nSPS) is 11.4. The van der Waals surface area contributed by atoms with Crippen LogP contribution in [0.4, 0.5) is 5.69 Å². The first-order valence-electron chi connectivity index (χ1n) is 7.76. The van der Waals surface area contributed by atoms with Gasteiger partial charge in [0.2, 0.25) is 5.56 Å². The number of hydrogen-bond donors (Lipinski definition) is 1. The molecule has 0 atom stereocenters. The van der Waals surface area contributed by atoms with Crippen molar-refractivity contribution in [2.45, 2.75) is 11.8 Å². The molecule has 2 aromatic carbocycles. The SMILES string of the molecule is CCOc1ccc(N(C)S(=O)(=O)c2ccc3[nH]c(=O)ccc3c2)cc1. The maximum atomic E-state index is 12.9. The van der Waals surface area contributed by atoms with E-state index in [0.29, 0.717) is 28.9 Å². The summed E-state index contributed by atoms with van der Waals surface area (Å²) in [6, 6.07) is 14.5. The molecule has 0 aliphatic heterocycles. The van der Waals surface area contributed by atoms with Gasteiger partial charge in [0.25, 0.3) is 10.0 Å². The standard InChI is InChI=1S/C18H18N2O4S/c1-3-24-15-7-5-14(6-8-15)20(2)25(22,23)16-9-10-17-13(12-16)4-11-18(21)19-17/h4-12H,3H2,1-2H3,(H,19,21). The lowest BCUT2D eigenvalue weighted by Crippen LogP contribution is -2.26. The fourth-order valence-electron chi connectivity index (χ4n) is 2.51. The number of nitrogens with zero attached hydrogens (tertiary/aromatic N) is 1. The summed E-state index contributed by atoms with van der Waals surface area (Å²) < 4.78 is 32.3. The van der Waals surface area contributed by atoms with Crippen molar-refractivity contribution >= 4 is 26.6 Å². The van der Waals surface area contributed by atoms with Gasteiger partial charge in [-0.05, 0) is 60.8 Å². The molecule has 1 N–H and O–H groups in total. The van der Waals surface area contributed by atoms with Crippen molar-refractivity contribution in [2.24, 2.45) is 0 Å². The number of aromatic amines is 1. The fraction of sp³-hybridized carbons (Fsp3) is 0.167. The highest BCUT2D eigenvalue weighted by Crippen LogP contribution is 2.25. The van der Waals surface area contributed by atoms with Gasteiger partial charge in [-0.15, -0.1) is 0 Å². The maximum Gasteiger partial charge on any atom is 0.264 e. The molecule has 3 rings (SSSR count). The van der Waals surface area contributed by atoms with Crippen LogP contribution in [0.1, 0.15) is 6.92 Å². The Morgan fingerprint density at radius 1 is 1.04 bits per heavy atom. The molecule has 1 aromatic heterocycles. The largest absolute Gasteiger partial charge is 0.494 e. The molecule has 1 heterocycles. The zero-order valence-corrected chi connectivity index (χ0v) is 14.7. The van der Waals surface area contributed by atoms with Crippen molar-refractivity contribution in [1.29, 1.82) is 0 Å². The molecular weight excluding hydrogens is 340 g/mol. The number of benzene rings is 2. The van der Waals surface area contributed by atoms with E-state index in [-0.39, 0.29) is 10.5 Å². The van der Waals surface area contributed by atoms with Crippen LogP contribution in [0.5, 0.6) is 5.75 Å². The van der Waals surface area contributed by atoms with Gasteiger partial charge in [0.1, 0.15) is 5.75 Å². The third-order valence-corrected chi connectivity index (χ3v) is 5.65. The number of H-pyrrole nitrogens is 1. The second-order valence-corrected chi connectivity index (χ2v) is 7.44. The number of nitrogens with one attached hydrogen (secondary N) is 1. The summed E-state index contributed by atoms with van der Waals surface area (Å²) in [7, 11) is -2.22. The Hall–Kier alpha value is -2.80. The van der Waals surface area contributed by atoms with Gasteiger partial charge in [-0.1, -0.05) is 0 Å². The Balaban J connectivity index is 1.97. The van der Waals surface area contributed by atoms with E-state index in [1.165, 1.54) is 23.5 Å². The first kappa shape index (κ1) is 17.0. The van der Waals surface area contributed by atoms with Crippen molar-refractivity contribution in [3.05, 3.63) is 65.0 Å². The molecule has 0 saturated carbocycles. The van der Waals surface area contributed by atoms with Crippen LogP contribution in [0.25, 0.3) is 10.9 Å². The predicted molar refractivity (Wildman–Crippen MR) is 97.8 cm³/mol. The molecule has 0 amide bonds. The zero-order chi connectivity index (χ0) is 18.0. The van der Waals surface area contributed by atoms with Gasteiger partial charge < -0.3 is 9.72 Å². The average molecular weight is 358 g/mol. The minimum Gasteiger partial charge on any atom is -0.494 e. The highest BCUT2D eigenvalue weighted by Gasteiger charge is 2.21. The van der Waals surface area contributed by atoms with Crippen molar-refractivity contribution < 1.29 is 13.2 Å². The molecule has 25 heavy (non-hydrogen) atoms. The number of rotatable bonds is 5. The van der Waals surface area contributed by atoms with Crippen LogP contribution in [0.2, 0.25) is 0 Å². The summed E-state index contributed by atoms with van der Waals surface area (Å²) in [6.45, 7) is 2.43. The second kappa shape index (κ2) is 6.60. The number of hydrogen-bond acceptors (Lipinski definition) is 4. The molecule has 0 radical (unpaired) electrons. The molecule has 0 aliphatic carbocycles. The molecule has 7 heteroatoms. The summed E-state index contributed by atoms with van der Waals surface area (Å²) in [4.78, 5) is 14.2. The monoisotopic (exact) mass is 358 g/mol. The lowest BCUT2D eigenvalue weighted by Gasteiger charge is -2.20. The van der Waals surface area contributed by atoms with E-state index in [2.05, 4.69) is 4.98 Å². The molecule has 3 aromatic rings. The minimum absolute atomic E-state index is 0.156. The van der Waals surface area contributed by atoms with E-state index in [1.807, 2.05) is 6.92 Å². The highest BCUT2D eigenvalue weighted by molar-refractivity contribution is 7.92. The van der Waals surface area contributed by atoms with Crippen molar-refractivity contribution in [2.75, 3.05) is 18.0 Å². The molecule has 0 aliphatic rings. The minimum atomic E-state index is -3.72. The average Bonchev–Trinajstić information content (AvgIpc) is 2.61. The first-order chi connectivity index (χ1) is 11.9. The van der Waals surface area contributed by atoms with E-state index in [4.69, 9.17) is 4.74 Å². The number of sulfonamides is 1. The molecule has 6 nitrogen and oxygen atoms in total. The van der Waals surface area contributed by atoms with Crippen LogP contribution in [0.3, 0.4) is 0 Å². The highest BCUT2D eigenvalue weighted by atomic mass is 32.2. The Morgan fingerprint density at radius 2 is 1.76 bits per heavy atom. The smallest absolute Gasteiger partial charge is 0.264 e. The fourth-order valence-corrected chi connectivity index (χ4v) is 3.74. The lowest BCUT2D eigenvalue weighted by molar-refractivity contribution is 0.340. The summed E-state index contributed by atoms with van der Waals surface area (Å²) >= 11 is 0. The van der Waals surface area contributed by atoms with Crippen molar-refractivity contribution in [3.63, 3.8) is 0 Å². The predicted octanol–water partition coefficient (Wildman–Crippen LogP) is 2.75. The Morgan fingerprint density at radius 3 is 2.44 bits per heavy atom. The Labute approximate surface area is 145 Å². The molecule has 0 saturated heterocycles. The van der Waals surface area contributed by atoms with Crippen LogP contribution in [0, 0.1) is 0 Å². The van der Waals surface area contributed by atoms with Gasteiger partial charge in [0.15, 0.2) is 0 Å². The zero-order valence-electron chi connectivity index (χ0n) is 13.9. The number of pyridine rings is 1. The second-order valence-electron chi connectivity index (χ2n) is 5.47. The number of ether oxygens (including phenoxy) is 1.